The van der Waals surface area contributed by atoms with Crippen molar-refractivity contribution >= 4 is 11.8 Å². The molecule has 0 bridgehead atoms. The largest absolute Gasteiger partial charge is 0.476 e. The van der Waals surface area contributed by atoms with Gasteiger partial charge < -0.3 is 10.4 Å². The molecule has 0 radical (unpaired) electrons. The van der Waals surface area contributed by atoms with Crippen LogP contribution in [0.5, 0.6) is 0 Å². The van der Waals surface area contributed by atoms with Crippen LogP contribution in [0.1, 0.15) is 21.6 Å². The molecule has 0 saturated heterocycles. The second kappa shape index (κ2) is 5.95. The topological polar surface area (TPSA) is 75.1 Å². The number of anilines is 1. The van der Waals surface area contributed by atoms with E-state index in [9.17, 15) is 4.79 Å². The molecule has 98 valence electrons. The molecule has 0 amide bonds. The molecule has 0 atom stereocenters. The third-order valence-corrected chi connectivity index (χ3v) is 2.85. The summed E-state index contributed by atoms with van der Waals surface area (Å²) in [5.41, 5.74) is 2.49. The highest BCUT2D eigenvalue weighted by molar-refractivity contribution is 5.85. The number of carboxylic acids is 1. The minimum absolute atomic E-state index is 0.0514. The molecule has 0 unspecified atom stereocenters. The van der Waals surface area contributed by atoms with E-state index in [0.29, 0.717) is 5.82 Å². The zero-order valence-electron chi connectivity index (χ0n) is 10.6. The average Bonchev–Trinajstić information content (AvgIpc) is 2.41. The lowest BCUT2D eigenvalue weighted by molar-refractivity contribution is 0.0689. The quantitative estimate of drug-likeness (QED) is 0.858. The maximum absolute atomic E-state index is 10.6. The van der Waals surface area contributed by atoms with Gasteiger partial charge in [-0.05, 0) is 36.6 Å². The Morgan fingerprint density at radius 1 is 1.21 bits per heavy atom. The summed E-state index contributed by atoms with van der Waals surface area (Å²) >= 11 is 0. The van der Waals surface area contributed by atoms with Gasteiger partial charge in [0.15, 0.2) is 5.69 Å². The Morgan fingerprint density at radius 3 is 2.63 bits per heavy atom. The van der Waals surface area contributed by atoms with Gasteiger partial charge in [-0.15, -0.1) is 10.2 Å². The third-order valence-electron chi connectivity index (χ3n) is 2.85. The Labute approximate surface area is 111 Å². The van der Waals surface area contributed by atoms with E-state index in [-0.39, 0.29) is 5.69 Å². The molecule has 1 heterocycles. The molecule has 1 aromatic carbocycles. The van der Waals surface area contributed by atoms with Gasteiger partial charge in [0.1, 0.15) is 5.82 Å². The molecule has 0 aliphatic rings. The Morgan fingerprint density at radius 2 is 2.00 bits per heavy atom. The first-order valence-corrected chi connectivity index (χ1v) is 6.02. The highest BCUT2D eigenvalue weighted by Crippen LogP contribution is 2.08. The fourth-order valence-electron chi connectivity index (χ4n) is 1.76. The number of hydrogen-bond acceptors (Lipinski definition) is 4. The Bertz CT molecular complexity index is 567. The first-order chi connectivity index (χ1) is 9.16. The number of nitrogens with one attached hydrogen (secondary N) is 1. The molecule has 0 aliphatic carbocycles. The second-order valence-corrected chi connectivity index (χ2v) is 4.21. The maximum Gasteiger partial charge on any atom is 0.356 e. The number of aryl methyl sites for hydroxylation is 1. The standard InChI is InChI=1S/C14H15N3O2/c1-10-4-2-3-5-11(10)8-9-15-13-7-6-12(14(18)19)16-17-13/h2-7H,8-9H2,1H3,(H,15,17)(H,18,19). The van der Waals surface area contributed by atoms with Crippen LogP contribution < -0.4 is 5.32 Å². The van der Waals surface area contributed by atoms with Crippen molar-refractivity contribution in [2.45, 2.75) is 13.3 Å². The molecular formula is C14H15N3O2. The summed E-state index contributed by atoms with van der Waals surface area (Å²) in [6.45, 7) is 2.81. The molecule has 19 heavy (non-hydrogen) atoms. The van der Waals surface area contributed by atoms with E-state index in [4.69, 9.17) is 5.11 Å². The van der Waals surface area contributed by atoms with Crippen LogP contribution in [0.3, 0.4) is 0 Å². The van der Waals surface area contributed by atoms with Crippen molar-refractivity contribution in [1.82, 2.24) is 10.2 Å². The van der Waals surface area contributed by atoms with E-state index < -0.39 is 5.97 Å². The predicted molar refractivity (Wildman–Crippen MR) is 72.4 cm³/mol. The van der Waals surface area contributed by atoms with Gasteiger partial charge in [-0.1, -0.05) is 24.3 Å². The highest BCUT2D eigenvalue weighted by Gasteiger charge is 2.04. The van der Waals surface area contributed by atoms with Crippen molar-refractivity contribution < 1.29 is 9.90 Å². The van der Waals surface area contributed by atoms with Crippen LogP contribution in [0.15, 0.2) is 36.4 Å². The third kappa shape index (κ3) is 3.51. The summed E-state index contributed by atoms with van der Waals surface area (Å²) in [5.74, 6) is -0.488. The normalized spacial score (nSPS) is 10.2. The summed E-state index contributed by atoms with van der Waals surface area (Å²) in [4.78, 5) is 10.6. The highest BCUT2D eigenvalue weighted by atomic mass is 16.4. The fraction of sp³-hybridized carbons (Fsp3) is 0.214. The predicted octanol–water partition coefficient (Wildman–Crippen LogP) is 2.14. The minimum Gasteiger partial charge on any atom is -0.476 e. The number of benzene rings is 1. The molecule has 1 aromatic heterocycles. The van der Waals surface area contributed by atoms with E-state index in [2.05, 4.69) is 34.6 Å². The lowest BCUT2D eigenvalue weighted by Gasteiger charge is -2.07. The molecule has 2 N–H and O–H groups in total. The zero-order chi connectivity index (χ0) is 13.7. The lowest BCUT2D eigenvalue weighted by atomic mass is 10.1. The molecule has 5 heteroatoms. The number of hydrogen-bond donors (Lipinski definition) is 2. The summed E-state index contributed by atoms with van der Waals surface area (Å²) in [5, 5.41) is 19.2. The van der Waals surface area contributed by atoms with E-state index in [1.54, 1.807) is 6.07 Å². The van der Waals surface area contributed by atoms with Crippen LogP contribution in [0.25, 0.3) is 0 Å². The summed E-state index contributed by atoms with van der Waals surface area (Å²) in [7, 11) is 0. The molecule has 2 aromatic rings. The van der Waals surface area contributed by atoms with Gasteiger partial charge in [-0.25, -0.2) is 4.79 Å². The Balaban J connectivity index is 1.89. The van der Waals surface area contributed by atoms with Crippen LogP contribution in [0, 0.1) is 6.92 Å². The van der Waals surface area contributed by atoms with Crippen LogP contribution in [0.2, 0.25) is 0 Å². The SMILES string of the molecule is Cc1ccccc1CCNc1ccc(C(=O)O)nn1. The van der Waals surface area contributed by atoms with Crippen LogP contribution >= 0.6 is 0 Å². The van der Waals surface area contributed by atoms with Gasteiger partial charge in [0, 0.05) is 6.54 Å². The smallest absolute Gasteiger partial charge is 0.356 e. The molecule has 2 rings (SSSR count). The lowest BCUT2D eigenvalue weighted by Crippen LogP contribution is -2.09. The van der Waals surface area contributed by atoms with Gasteiger partial charge in [0.2, 0.25) is 0 Å². The molecule has 0 saturated carbocycles. The van der Waals surface area contributed by atoms with E-state index in [1.807, 2.05) is 12.1 Å². The molecule has 0 aliphatic heterocycles. The molecule has 0 fully saturated rings. The summed E-state index contributed by atoms with van der Waals surface area (Å²) < 4.78 is 0. The van der Waals surface area contributed by atoms with Crippen LogP contribution in [-0.4, -0.2) is 27.8 Å². The van der Waals surface area contributed by atoms with Crippen molar-refractivity contribution in [3.8, 4) is 0 Å². The molecule has 5 nitrogen and oxygen atoms in total. The van der Waals surface area contributed by atoms with Gasteiger partial charge in [-0.2, -0.15) is 0 Å². The number of nitrogens with zero attached hydrogens (tertiary/aromatic N) is 2. The fourth-order valence-corrected chi connectivity index (χ4v) is 1.76. The zero-order valence-corrected chi connectivity index (χ0v) is 10.6. The van der Waals surface area contributed by atoms with Crippen LogP contribution in [-0.2, 0) is 6.42 Å². The van der Waals surface area contributed by atoms with Crippen molar-refractivity contribution in [3.63, 3.8) is 0 Å². The minimum atomic E-state index is -1.07. The Hall–Kier alpha value is -2.43. The van der Waals surface area contributed by atoms with Gasteiger partial charge in [-0.3, -0.25) is 0 Å². The summed E-state index contributed by atoms with van der Waals surface area (Å²) in [6, 6.07) is 11.3. The van der Waals surface area contributed by atoms with E-state index in [0.717, 1.165) is 13.0 Å². The number of rotatable bonds is 5. The van der Waals surface area contributed by atoms with E-state index >= 15 is 0 Å². The van der Waals surface area contributed by atoms with Crippen molar-refractivity contribution in [2.75, 3.05) is 11.9 Å². The van der Waals surface area contributed by atoms with Gasteiger partial charge in [0.05, 0.1) is 0 Å². The first kappa shape index (κ1) is 13.0. The number of aromatic carboxylic acids is 1. The molecular weight excluding hydrogens is 242 g/mol. The molecule has 0 spiro atoms. The van der Waals surface area contributed by atoms with Crippen molar-refractivity contribution in [1.29, 1.82) is 0 Å². The number of carboxylic acid groups (broad SMARTS) is 1. The van der Waals surface area contributed by atoms with Crippen LogP contribution in [0.4, 0.5) is 5.82 Å². The van der Waals surface area contributed by atoms with Crippen molar-refractivity contribution in [2.24, 2.45) is 0 Å². The number of carbonyl (C=O) groups is 1. The summed E-state index contributed by atoms with van der Waals surface area (Å²) in [6.07, 6.45) is 0.884. The first-order valence-electron chi connectivity index (χ1n) is 6.02. The monoisotopic (exact) mass is 257 g/mol. The Kier molecular flexibility index (Phi) is 4.07. The van der Waals surface area contributed by atoms with Gasteiger partial charge >= 0.3 is 5.97 Å². The van der Waals surface area contributed by atoms with Gasteiger partial charge in [0.25, 0.3) is 0 Å². The van der Waals surface area contributed by atoms with Crippen molar-refractivity contribution in [3.05, 3.63) is 53.2 Å². The second-order valence-electron chi connectivity index (χ2n) is 4.21. The average molecular weight is 257 g/mol. The number of aromatic nitrogens is 2. The van der Waals surface area contributed by atoms with E-state index in [1.165, 1.54) is 17.2 Å². The maximum atomic E-state index is 10.6.